The van der Waals surface area contributed by atoms with Gasteiger partial charge in [-0.15, -0.1) is 0 Å². The van der Waals surface area contributed by atoms with Gasteiger partial charge in [0.25, 0.3) is 0 Å². The van der Waals surface area contributed by atoms with Gasteiger partial charge >= 0.3 is 0 Å². The Balaban J connectivity index is 1.40. The molecule has 0 bridgehead atoms. The van der Waals surface area contributed by atoms with E-state index in [4.69, 9.17) is 4.74 Å². The van der Waals surface area contributed by atoms with Crippen LogP contribution in [0.3, 0.4) is 0 Å². The zero-order valence-corrected chi connectivity index (χ0v) is 17.4. The van der Waals surface area contributed by atoms with Crippen LogP contribution in [0.4, 0.5) is 5.69 Å². The number of ether oxygens (including phenoxy) is 1. The van der Waals surface area contributed by atoms with Crippen molar-refractivity contribution in [2.24, 2.45) is 0 Å². The zero-order valence-electron chi connectivity index (χ0n) is 17.4. The first-order valence-corrected chi connectivity index (χ1v) is 10.9. The fourth-order valence-corrected chi connectivity index (χ4v) is 4.41. The number of aryl methyl sites for hydroxylation is 1. The summed E-state index contributed by atoms with van der Waals surface area (Å²) < 4.78 is 6.11. The largest absolute Gasteiger partial charge is 0.493 e. The second-order valence-corrected chi connectivity index (χ2v) is 8.47. The summed E-state index contributed by atoms with van der Waals surface area (Å²) in [6.07, 6.45) is 8.08. The highest BCUT2D eigenvalue weighted by Crippen LogP contribution is 2.30. The Bertz CT molecular complexity index is 780. The van der Waals surface area contributed by atoms with Crippen LogP contribution in [0.15, 0.2) is 24.4 Å². The van der Waals surface area contributed by atoms with E-state index in [1.807, 2.05) is 6.20 Å². The molecule has 0 aliphatic carbocycles. The molecule has 0 radical (unpaired) electrons. The van der Waals surface area contributed by atoms with E-state index >= 15 is 0 Å². The smallest absolute Gasteiger partial charge is 0.124 e. The van der Waals surface area contributed by atoms with Gasteiger partial charge in [-0.2, -0.15) is 0 Å². The molecule has 5 nitrogen and oxygen atoms in total. The van der Waals surface area contributed by atoms with E-state index in [0.717, 1.165) is 43.9 Å². The first-order valence-electron chi connectivity index (χ1n) is 10.9. The number of pyridine rings is 1. The van der Waals surface area contributed by atoms with Gasteiger partial charge in [0.15, 0.2) is 0 Å². The van der Waals surface area contributed by atoms with E-state index in [9.17, 15) is 0 Å². The Morgan fingerprint density at radius 3 is 2.71 bits per heavy atom. The zero-order chi connectivity index (χ0) is 19.3. The topological polar surface area (TPSA) is 40.6 Å². The van der Waals surface area contributed by atoms with Gasteiger partial charge in [-0.25, -0.2) is 0 Å². The lowest BCUT2D eigenvalue weighted by Crippen LogP contribution is -2.36. The molecule has 2 aromatic rings. The van der Waals surface area contributed by atoms with Crippen molar-refractivity contribution in [2.45, 2.75) is 45.1 Å². The van der Waals surface area contributed by atoms with Crippen molar-refractivity contribution in [1.82, 2.24) is 14.8 Å². The first kappa shape index (κ1) is 19.5. The molecule has 2 aliphatic heterocycles. The molecule has 0 spiro atoms. The summed E-state index contributed by atoms with van der Waals surface area (Å²) in [5, 5.41) is 4.96. The molecule has 0 amide bonds. The van der Waals surface area contributed by atoms with E-state index in [2.05, 4.69) is 52.3 Å². The summed E-state index contributed by atoms with van der Waals surface area (Å²) in [5.74, 6) is 0.970. The van der Waals surface area contributed by atoms with Crippen LogP contribution in [0, 0.1) is 6.92 Å². The fraction of sp³-hybridized carbons (Fsp3) is 0.609. The number of fused-ring (bicyclic) bond motifs is 1. The maximum atomic E-state index is 6.11. The number of benzene rings is 1. The lowest BCUT2D eigenvalue weighted by atomic mass is 10.0. The van der Waals surface area contributed by atoms with Crippen molar-refractivity contribution in [3.63, 3.8) is 0 Å². The van der Waals surface area contributed by atoms with Crippen molar-refractivity contribution in [3.8, 4) is 5.75 Å². The molecule has 0 unspecified atom stereocenters. The molecule has 2 fully saturated rings. The second kappa shape index (κ2) is 9.10. The van der Waals surface area contributed by atoms with Crippen LogP contribution < -0.4 is 10.1 Å². The molecule has 152 valence electrons. The molecule has 0 saturated carbocycles. The quantitative estimate of drug-likeness (QED) is 0.735. The van der Waals surface area contributed by atoms with Crippen LogP contribution >= 0.6 is 0 Å². The van der Waals surface area contributed by atoms with Gasteiger partial charge in [-0.3, -0.25) is 4.98 Å². The van der Waals surface area contributed by atoms with Gasteiger partial charge in [0.05, 0.1) is 12.1 Å². The molecule has 1 aromatic heterocycles. The lowest BCUT2D eigenvalue weighted by molar-refractivity contribution is 0.262. The third-order valence-electron chi connectivity index (χ3n) is 6.19. The molecule has 5 heteroatoms. The SMILES string of the molecule is Cc1cc2c(NC3CCN(C)CC3)ccnc2cc1OCCCN1CCCC1. The van der Waals surface area contributed by atoms with Gasteiger partial charge in [-0.1, -0.05) is 0 Å². The lowest BCUT2D eigenvalue weighted by Gasteiger charge is -2.30. The van der Waals surface area contributed by atoms with Crippen molar-refractivity contribution >= 4 is 16.6 Å². The minimum absolute atomic E-state index is 0.545. The summed E-state index contributed by atoms with van der Waals surface area (Å²) in [6, 6.07) is 7.00. The Labute approximate surface area is 169 Å². The number of rotatable bonds is 7. The monoisotopic (exact) mass is 382 g/mol. The van der Waals surface area contributed by atoms with Crippen LogP contribution in [0.1, 0.15) is 37.7 Å². The number of hydrogen-bond acceptors (Lipinski definition) is 5. The van der Waals surface area contributed by atoms with E-state index < -0.39 is 0 Å². The van der Waals surface area contributed by atoms with Crippen molar-refractivity contribution in [2.75, 3.05) is 51.7 Å². The molecular formula is C23H34N4O. The summed E-state index contributed by atoms with van der Waals surface area (Å²) in [6.45, 7) is 8.90. The van der Waals surface area contributed by atoms with Crippen LogP contribution in [-0.4, -0.2) is 67.2 Å². The minimum atomic E-state index is 0.545. The second-order valence-electron chi connectivity index (χ2n) is 8.47. The molecular weight excluding hydrogens is 348 g/mol. The van der Waals surface area contributed by atoms with Crippen molar-refractivity contribution < 1.29 is 4.74 Å². The predicted octanol–water partition coefficient (Wildman–Crippen LogP) is 3.91. The predicted molar refractivity (Wildman–Crippen MR) is 116 cm³/mol. The normalized spacial score (nSPS) is 19.4. The molecule has 0 atom stereocenters. The number of piperidine rings is 1. The van der Waals surface area contributed by atoms with Gasteiger partial charge in [-0.05, 0) is 90.0 Å². The summed E-state index contributed by atoms with van der Waals surface area (Å²) in [4.78, 5) is 9.55. The third kappa shape index (κ3) is 4.76. The summed E-state index contributed by atoms with van der Waals surface area (Å²) in [7, 11) is 2.20. The Hall–Kier alpha value is -1.85. The van der Waals surface area contributed by atoms with Crippen molar-refractivity contribution in [1.29, 1.82) is 0 Å². The standard InChI is InChI=1S/C23H34N4O/c1-18-16-20-21(25-19-7-13-26(2)14-8-19)6-9-24-22(20)17-23(18)28-15-5-12-27-10-3-4-11-27/h6,9,16-17,19H,3-5,7-8,10-15H2,1-2H3,(H,24,25). The minimum Gasteiger partial charge on any atom is -0.493 e. The highest BCUT2D eigenvalue weighted by atomic mass is 16.5. The number of nitrogens with zero attached hydrogens (tertiary/aromatic N) is 3. The van der Waals surface area contributed by atoms with Gasteiger partial charge < -0.3 is 19.9 Å². The number of aromatic nitrogens is 1. The first-order chi connectivity index (χ1) is 13.7. The van der Waals surface area contributed by atoms with E-state index in [0.29, 0.717) is 6.04 Å². The maximum Gasteiger partial charge on any atom is 0.124 e. The molecule has 3 heterocycles. The van der Waals surface area contributed by atoms with E-state index in [-0.39, 0.29) is 0 Å². The fourth-order valence-electron chi connectivity index (χ4n) is 4.41. The van der Waals surface area contributed by atoms with Crippen molar-refractivity contribution in [3.05, 3.63) is 30.0 Å². The van der Waals surface area contributed by atoms with Gasteiger partial charge in [0.2, 0.25) is 0 Å². The summed E-state index contributed by atoms with van der Waals surface area (Å²) >= 11 is 0. The molecule has 1 aromatic carbocycles. The van der Waals surface area contributed by atoms with Crippen LogP contribution in [0.5, 0.6) is 5.75 Å². The average molecular weight is 383 g/mol. The molecule has 2 aliphatic rings. The van der Waals surface area contributed by atoms with E-state index in [1.54, 1.807) is 0 Å². The number of nitrogens with one attached hydrogen (secondary N) is 1. The molecule has 4 rings (SSSR count). The molecule has 28 heavy (non-hydrogen) atoms. The number of hydrogen-bond donors (Lipinski definition) is 1. The van der Waals surface area contributed by atoms with Gasteiger partial charge in [0, 0.05) is 35.9 Å². The maximum absolute atomic E-state index is 6.11. The van der Waals surface area contributed by atoms with Crippen LogP contribution in [0.25, 0.3) is 10.9 Å². The highest BCUT2D eigenvalue weighted by molar-refractivity contribution is 5.92. The summed E-state index contributed by atoms with van der Waals surface area (Å²) in [5.41, 5.74) is 3.40. The molecule has 1 N–H and O–H groups in total. The average Bonchev–Trinajstić information content (AvgIpc) is 3.21. The Morgan fingerprint density at radius 1 is 1.14 bits per heavy atom. The Kier molecular flexibility index (Phi) is 6.33. The highest BCUT2D eigenvalue weighted by Gasteiger charge is 2.17. The number of anilines is 1. The van der Waals surface area contributed by atoms with Crippen LogP contribution in [-0.2, 0) is 0 Å². The Morgan fingerprint density at radius 2 is 1.93 bits per heavy atom. The van der Waals surface area contributed by atoms with Crippen LogP contribution in [0.2, 0.25) is 0 Å². The molecule has 2 saturated heterocycles. The number of likely N-dealkylation sites (tertiary alicyclic amines) is 2. The van der Waals surface area contributed by atoms with Gasteiger partial charge in [0.1, 0.15) is 5.75 Å². The van der Waals surface area contributed by atoms with E-state index in [1.165, 1.54) is 55.4 Å². The third-order valence-corrected chi connectivity index (χ3v) is 6.19.